The molecule has 1 unspecified atom stereocenters. The van der Waals surface area contributed by atoms with Crippen LogP contribution in [0.1, 0.15) is 47.8 Å². The zero-order valence-corrected chi connectivity index (χ0v) is 18.8. The number of nitrogens with zero attached hydrogens (tertiary/aromatic N) is 4. The monoisotopic (exact) mass is 430 g/mol. The zero-order valence-electron chi connectivity index (χ0n) is 18.0. The molecule has 2 aliphatic rings. The number of aryl methyl sites for hydroxylation is 1. The first-order chi connectivity index (χ1) is 14.3. The molecule has 1 atom stereocenters. The molecule has 1 aromatic carbocycles. The fourth-order valence-corrected chi connectivity index (χ4v) is 5.36. The molecule has 1 aromatic heterocycles. The maximum Gasteiger partial charge on any atom is 0.211 e. The molecule has 8 heteroatoms. The lowest BCUT2D eigenvalue weighted by atomic mass is 9.97. The van der Waals surface area contributed by atoms with Gasteiger partial charge in [-0.05, 0) is 50.3 Å². The van der Waals surface area contributed by atoms with E-state index in [1.807, 2.05) is 12.1 Å². The first-order valence-corrected chi connectivity index (χ1v) is 12.4. The number of piperidine rings is 1. The van der Waals surface area contributed by atoms with Gasteiger partial charge in [-0.1, -0.05) is 12.1 Å². The third-order valence-corrected chi connectivity index (χ3v) is 7.38. The lowest BCUT2D eigenvalue weighted by molar-refractivity contribution is 0.310. The van der Waals surface area contributed by atoms with Crippen molar-refractivity contribution in [3.63, 3.8) is 0 Å². The molecule has 1 fully saturated rings. The molecule has 7 nitrogen and oxygen atoms in total. The van der Waals surface area contributed by atoms with Crippen LogP contribution in [0.2, 0.25) is 0 Å². The van der Waals surface area contributed by atoms with Crippen molar-refractivity contribution in [3.8, 4) is 5.75 Å². The normalized spacial score (nSPS) is 20.1. The van der Waals surface area contributed by atoms with Crippen LogP contribution >= 0.6 is 0 Å². The molecule has 30 heavy (non-hydrogen) atoms. The molecule has 0 amide bonds. The van der Waals surface area contributed by atoms with Gasteiger partial charge in [0.05, 0.1) is 13.4 Å². The molecule has 2 aliphatic heterocycles. The Morgan fingerprint density at radius 2 is 1.90 bits per heavy atom. The predicted molar refractivity (Wildman–Crippen MR) is 118 cm³/mol. The Labute approximate surface area is 179 Å². The first kappa shape index (κ1) is 21.1. The van der Waals surface area contributed by atoms with E-state index in [-0.39, 0.29) is 5.92 Å². The topological polar surface area (TPSA) is 75.6 Å². The zero-order chi connectivity index (χ0) is 21.3. The van der Waals surface area contributed by atoms with Crippen molar-refractivity contribution in [1.82, 2.24) is 14.3 Å². The minimum atomic E-state index is -3.19. The van der Waals surface area contributed by atoms with Crippen LogP contribution in [0.25, 0.3) is 0 Å². The van der Waals surface area contributed by atoms with Gasteiger partial charge in [-0.2, -0.15) is 0 Å². The van der Waals surface area contributed by atoms with Crippen LogP contribution in [0.15, 0.2) is 24.3 Å². The summed E-state index contributed by atoms with van der Waals surface area (Å²) < 4.78 is 30.9. The van der Waals surface area contributed by atoms with E-state index in [0.717, 1.165) is 61.9 Å². The minimum Gasteiger partial charge on any atom is -0.497 e. The Morgan fingerprint density at radius 3 is 2.60 bits per heavy atom. The Morgan fingerprint density at radius 1 is 1.13 bits per heavy atom. The number of rotatable bonds is 5. The Balaban J connectivity index is 1.61. The quantitative estimate of drug-likeness (QED) is 0.726. The number of hydrogen-bond donors (Lipinski definition) is 0. The molecule has 3 heterocycles. The van der Waals surface area contributed by atoms with Gasteiger partial charge in [0.15, 0.2) is 0 Å². The average Bonchev–Trinajstić information content (AvgIpc) is 2.74. The van der Waals surface area contributed by atoms with Crippen molar-refractivity contribution < 1.29 is 13.2 Å². The van der Waals surface area contributed by atoms with Crippen molar-refractivity contribution in [2.75, 3.05) is 37.9 Å². The summed E-state index contributed by atoms with van der Waals surface area (Å²) in [5.41, 5.74) is 3.45. The highest BCUT2D eigenvalue weighted by Gasteiger charge is 2.30. The van der Waals surface area contributed by atoms with Crippen molar-refractivity contribution in [2.24, 2.45) is 0 Å². The molecule has 0 spiro atoms. The van der Waals surface area contributed by atoms with Gasteiger partial charge in [0.2, 0.25) is 10.0 Å². The van der Waals surface area contributed by atoms with Gasteiger partial charge in [0.1, 0.15) is 17.4 Å². The summed E-state index contributed by atoms with van der Waals surface area (Å²) in [6.07, 6.45) is 5.11. The molecule has 0 radical (unpaired) electrons. The standard InChI is InChI=1S/C22H30N4O3S/c1-16-20-7-5-12-25(14-17-8-10-19(29-2)11-9-17)22(20)24-21(23-16)18-6-4-13-26(15-18)30(3,27)28/h8-11,18H,4-7,12-15H2,1-3H3. The smallest absolute Gasteiger partial charge is 0.211 e. The van der Waals surface area contributed by atoms with Crippen LogP contribution in [0.4, 0.5) is 5.82 Å². The van der Waals surface area contributed by atoms with E-state index < -0.39 is 10.0 Å². The van der Waals surface area contributed by atoms with Crippen LogP contribution in [0.5, 0.6) is 5.75 Å². The van der Waals surface area contributed by atoms with Gasteiger partial charge < -0.3 is 9.64 Å². The number of sulfonamides is 1. The van der Waals surface area contributed by atoms with E-state index in [2.05, 4.69) is 24.0 Å². The first-order valence-electron chi connectivity index (χ1n) is 10.6. The van der Waals surface area contributed by atoms with Gasteiger partial charge in [0.25, 0.3) is 0 Å². The lowest BCUT2D eigenvalue weighted by Crippen LogP contribution is -2.39. The van der Waals surface area contributed by atoms with Gasteiger partial charge >= 0.3 is 0 Å². The van der Waals surface area contributed by atoms with E-state index in [9.17, 15) is 8.42 Å². The summed E-state index contributed by atoms with van der Waals surface area (Å²) in [5, 5.41) is 0. The van der Waals surface area contributed by atoms with Crippen LogP contribution in [0.3, 0.4) is 0 Å². The van der Waals surface area contributed by atoms with Crippen molar-refractivity contribution in [1.29, 1.82) is 0 Å². The maximum atomic E-state index is 12.0. The number of hydrogen-bond acceptors (Lipinski definition) is 6. The number of methoxy groups -OCH3 is 1. The van der Waals surface area contributed by atoms with E-state index >= 15 is 0 Å². The van der Waals surface area contributed by atoms with Crippen molar-refractivity contribution >= 4 is 15.8 Å². The van der Waals surface area contributed by atoms with E-state index in [1.165, 1.54) is 17.4 Å². The second-order valence-electron chi connectivity index (χ2n) is 8.30. The summed E-state index contributed by atoms with van der Waals surface area (Å²) >= 11 is 0. The summed E-state index contributed by atoms with van der Waals surface area (Å²) in [6, 6.07) is 8.15. The third-order valence-electron chi connectivity index (χ3n) is 6.11. The van der Waals surface area contributed by atoms with Crippen LogP contribution < -0.4 is 9.64 Å². The van der Waals surface area contributed by atoms with E-state index in [1.54, 1.807) is 11.4 Å². The highest BCUT2D eigenvalue weighted by atomic mass is 32.2. The summed E-state index contributed by atoms with van der Waals surface area (Å²) in [6.45, 7) is 4.85. The fraction of sp³-hybridized carbons (Fsp3) is 0.545. The molecule has 162 valence electrons. The van der Waals surface area contributed by atoms with Crippen molar-refractivity contribution in [2.45, 2.75) is 45.1 Å². The molecule has 4 rings (SSSR count). The molecule has 0 aliphatic carbocycles. The highest BCUT2D eigenvalue weighted by molar-refractivity contribution is 7.88. The maximum absolute atomic E-state index is 12.0. The van der Waals surface area contributed by atoms with E-state index in [0.29, 0.717) is 13.1 Å². The van der Waals surface area contributed by atoms with Crippen LogP contribution in [-0.2, 0) is 23.0 Å². The molecule has 0 saturated carbocycles. The molecule has 2 aromatic rings. The third kappa shape index (κ3) is 4.44. The molecule has 0 N–H and O–H groups in total. The fourth-order valence-electron chi connectivity index (χ4n) is 4.45. The summed E-state index contributed by atoms with van der Waals surface area (Å²) in [4.78, 5) is 12.1. The van der Waals surface area contributed by atoms with Crippen molar-refractivity contribution in [3.05, 3.63) is 46.9 Å². The van der Waals surface area contributed by atoms with Crippen LogP contribution in [0, 0.1) is 6.92 Å². The van der Waals surface area contributed by atoms with E-state index in [4.69, 9.17) is 14.7 Å². The minimum absolute atomic E-state index is 0.0437. The summed E-state index contributed by atoms with van der Waals surface area (Å²) in [5.74, 6) is 2.69. The van der Waals surface area contributed by atoms with Gasteiger partial charge in [-0.25, -0.2) is 22.7 Å². The number of ether oxygens (including phenoxy) is 1. The largest absolute Gasteiger partial charge is 0.497 e. The SMILES string of the molecule is COc1ccc(CN2CCCc3c(C)nc(C4CCCN(S(C)(=O)=O)C4)nc32)cc1. The average molecular weight is 431 g/mol. The molecular weight excluding hydrogens is 400 g/mol. The number of aromatic nitrogens is 2. The number of benzene rings is 1. The van der Waals surface area contributed by atoms with Gasteiger partial charge in [0, 0.05) is 43.4 Å². The van der Waals surface area contributed by atoms with Gasteiger partial charge in [-0.3, -0.25) is 0 Å². The predicted octanol–water partition coefficient (Wildman–Crippen LogP) is 2.89. The highest BCUT2D eigenvalue weighted by Crippen LogP contribution is 2.33. The van der Waals surface area contributed by atoms with Crippen LogP contribution in [-0.4, -0.2) is 55.7 Å². The summed E-state index contributed by atoms with van der Waals surface area (Å²) in [7, 11) is -1.52. The Hall–Kier alpha value is -2.19. The Bertz CT molecular complexity index is 1010. The number of fused-ring (bicyclic) bond motifs is 1. The molecule has 0 bridgehead atoms. The second kappa shape index (κ2) is 8.51. The molecule has 1 saturated heterocycles. The Kier molecular flexibility index (Phi) is 5.97. The van der Waals surface area contributed by atoms with Gasteiger partial charge in [-0.15, -0.1) is 0 Å². The lowest BCUT2D eigenvalue weighted by Gasteiger charge is -2.34. The number of anilines is 1. The second-order valence-corrected chi connectivity index (χ2v) is 10.3. The molecular formula is C22H30N4O3S.